The van der Waals surface area contributed by atoms with Gasteiger partial charge in [0.15, 0.2) is 0 Å². The summed E-state index contributed by atoms with van der Waals surface area (Å²) in [6.07, 6.45) is 5.83. The van der Waals surface area contributed by atoms with Gasteiger partial charge in [0.05, 0.1) is 18.8 Å². The summed E-state index contributed by atoms with van der Waals surface area (Å²) < 4.78 is 13.6. The van der Waals surface area contributed by atoms with Crippen LogP contribution < -0.4 is 9.47 Å². The monoisotopic (exact) mass is 442 g/mol. The summed E-state index contributed by atoms with van der Waals surface area (Å²) in [7, 11) is 0. The second-order valence-electron chi connectivity index (χ2n) is 8.25. The summed E-state index contributed by atoms with van der Waals surface area (Å²) in [6, 6.07) is 14.5. The van der Waals surface area contributed by atoms with Crippen molar-refractivity contribution in [3.05, 3.63) is 77.9 Å². The molecule has 3 aromatic rings. The first-order chi connectivity index (χ1) is 14.9. The fourth-order valence-corrected chi connectivity index (χ4v) is 3.51. The number of hydrogen-bond acceptors (Lipinski definition) is 4. The van der Waals surface area contributed by atoms with Crippen molar-refractivity contribution in [2.45, 2.75) is 45.3 Å². The summed E-state index contributed by atoms with van der Waals surface area (Å²) in [4.78, 5) is 4.05. The molecule has 166 valence electrons. The second-order valence-corrected chi connectivity index (χ2v) is 8.56. The summed E-state index contributed by atoms with van der Waals surface area (Å²) in [5, 5.41) is 9.61. The normalized spacial score (nSPS) is 12.5. The first-order valence-corrected chi connectivity index (χ1v) is 11.1. The van der Waals surface area contributed by atoms with Crippen LogP contribution in [0.5, 0.6) is 11.5 Å². The highest BCUT2D eigenvalue weighted by Gasteiger charge is 2.24. The van der Waals surface area contributed by atoms with Gasteiger partial charge in [0, 0.05) is 24.4 Å². The summed E-state index contributed by atoms with van der Waals surface area (Å²) >= 11 is 5.64. The Kier molecular flexibility index (Phi) is 7.99. The Hall–Kier alpha value is -2.50. The van der Waals surface area contributed by atoms with E-state index in [2.05, 4.69) is 43.1 Å². The third-order valence-corrected chi connectivity index (χ3v) is 5.83. The molecule has 1 aromatic heterocycles. The summed E-state index contributed by atoms with van der Waals surface area (Å²) in [5.74, 6) is 1.81. The molecule has 1 heterocycles. The molecule has 1 atom stereocenters. The Balaban J connectivity index is 1.59. The number of alkyl halides is 1. The Morgan fingerprint density at radius 3 is 2.48 bits per heavy atom. The van der Waals surface area contributed by atoms with Crippen LogP contribution in [0, 0.1) is 6.92 Å². The van der Waals surface area contributed by atoms with Gasteiger partial charge in [-0.25, -0.2) is 4.98 Å². The van der Waals surface area contributed by atoms with Crippen molar-refractivity contribution in [1.29, 1.82) is 0 Å². The average Bonchev–Trinajstić information content (AvgIpc) is 3.29. The van der Waals surface area contributed by atoms with E-state index >= 15 is 0 Å². The molecule has 5 nitrogen and oxygen atoms in total. The van der Waals surface area contributed by atoms with E-state index in [1.54, 1.807) is 6.20 Å². The third kappa shape index (κ3) is 6.25. The van der Waals surface area contributed by atoms with E-state index in [0.29, 0.717) is 6.61 Å². The van der Waals surface area contributed by atoms with E-state index in [1.807, 2.05) is 42.2 Å². The number of aliphatic hydroxyl groups excluding tert-OH is 1. The molecule has 31 heavy (non-hydrogen) atoms. The number of aliphatic hydroxyl groups is 1. The lowest BCUT2D eigenvalue weighted by molar-refractivity contribution is 0.125. The highest BCUT2D eigenvalue weighted by atomic mass is 35.5. The number of rotatable bonds is 11. The standard InChI is InChI=1S/C25H31ClN2O3/c1-19-15-21(7-10-24(19)31-17-22(29)16-26)25(2,3)20-5-8-23(9-6-20)30-14-4-12-28-13-11-27-18-28/h5-11,13,15,18,22,29H,4,12,14,16-17H2,1-3H3. The van der Waals surface area contributed by atoms with Crippen LogP contribution in [0.3, 0.4) is 0 Å². The van der Waals surface area contributed by atoms with Gasteiger partial charge in [-0.05, 0) is 48.2 Å². The molecule has 2 aromatic carbocycles. The molecule has 0 aliphatic carbocycles. The lowest BCUT2D eigenvalue weighted by Gasteiger charge is -2.27. The largest absolute Gasteiger partial charge is 0.494 e. The lowest BCUT2D eigenvalue weighted by atomic mass is 9.77. The Morgan fingerprint density at radius 2 is 1.84 bits per heavy atom. The van der Waals surface area contributed by atoms with Crippen LogP contribution in [0.4, 0.5) is 0 Å². The topological polar surface area (TPSA) is 56.5 Å². The van der Waals surface area contributed by atoms with Crippen molar-refractivity contribution in [3.8, 4) is 11.5 Å². The Morgan fingerprint density at radius 1 is 1.10 bits per heavy atom. The van der Waals surface area contributed by atoms with Gasteiger partial charge in [-0.1, -0.05) is 38.1 Å². The number of halogens is 1. The number of aromatic nitrogens is 2. The minimum Gasteiger partial charge on any atom is -0.494 e. The van der Waals surface area contributed by atoms with Gasteiger partial charge < -0.3 is 19.1 Å². The molecule has 1 unspecified atom stereocenters. The average molecular weight is 443 g/mol. The van der Waals surface area contributed by atoms with E-state index in [1.165, 1.54) is 11.1 Å². The van der Waals surface area contributed by atoms with Crippen molar-refractivity contribution in [2.24, 2.45) is 0 Å². The predicted octanol–water partition coefficient (Wildman–Crippen LogP) is 4.97. The van der Waals surface area contributed by atoms with Crippen molar-refractivity contribution in [2.75, 3.05) is 19.1 Å². The van der Waals surface area contributed by atoms with E-state index in [9.17, 15) is 5.11 Å². The van der Waals surface area contributed by atoms with Crippen LogP contribution in [0.1, 0.15) is 37.0 Å². The Bertz CT molecular complexity index is 940. The van der Waals surface area contributed by atoms with Crippen LogP contribution in [-0.4, -0.2) is 39.9 Å². The maximum Gasteiger partial charge on any atom is 0.122 e. The number of ether oxygens (including phenoxy) is 2. The number of aryl methyl sites for hydroxylation is 2. The molecule has 0 radical (unpaired) electrons. The SMILES string of the molecule is Cc1cc(C(C)(C)c2ccc(OCCCn3ccnc3)cc2)ccc1OCC(O)CCl. The molecule has 3 rings (SSSR count). The van der Waals surface area contributed by atoms with E-state index < -0.39 is 6.10 Å². The number of hydrogen-bond donors (Lipinski definition) is 1. The number of benzene rings is 2. The molecule has 0 saturated heterocycles. The van der Waals surface area contributed by atoms with Gasteiger partial charge >= 0.3 is 0 Å². The maximum atomic E-state index is 9.61. The quantitative estimate of drug-likeness (QED) is 0.336. The number of imidazole rings is 1. The van der Waals surface area contributed by atoms with Gasteiger partial charge in [0.25, 0.3) is 0 Å². The van der Waals surface area contributed by atoms with Gasteiger partial charge in [0.2, 0.25) is 0 Å². The fourth-order valence-electron chi connectivity index (χ4n) is 3.42. The number of nitrogens with zero attached hydrogens (tertiary/aromatic N) is 2. The molecule has 6 heteroatoms. The van der Waals surface area contributed by atoms with Crippen LogP contribution >= 0.6 is 11.6 Å². The van der Waals surface area contributed by atoms with Crippen molar-refractivity contribution >= 4 is 11.6 Å². The molecule has 0 spiro atoms. The molecule has 1 N–H and O–H groups in total. The second kappa shape index (κ2) is 10.7. The van der Waals surface area contributed by atoms with E-state index in [-0.39, 0.29) is 17.9 Å². The van der Waals surface area contributed by atoms with Crippen LogP contribution in [0.2, 0.25) is 0 Å². The van der Waals surface area contributed by atoms with Gasteiger partial charge in [-0.15, -0.1) is 11.6 Å². The summed E-state index contributed by atoms with van der Waals surface area (Å²) in [5.41, 5.74) is 3.28. The lowest BCUT2D eigenvalue weighted by Crippen LogP contribution is -2.20. The van der Waals surface area contributed by atoms with Gasteiger partial charge in [-0.3, -0.25) is 0 Å². The van der Waals surface area contributed by atoms with Crippen molar-refractivity contribution in [1.82, 2.24) is 9.55 Å². The predicted molar refractivity (Wildman–Crippen MR) is 124 cm³/mol. The molecule has 0 aliphatic heterocycles. The zero-order valence-electron chi connectivity index (χ0n) is 18.4. The fraction of sp³-hybridized carbons (Fsp3) is 0.400. The van der Waals surface area contributed by atoms with Crippen molar-refractivity contribution in [3.63, 3.8) is 0 Å². The molecule has 0 fully saturated rings. The van der Waals surface area contributed by atoms with Gasteiger partial charge in [0.1, 0.15) is 24.2 Å². The molecule has 0 bridgehead atoms. The van der Waals surface area contributed by atoms with E-state index in [4.69, 9.17) is 21.1 Å². The smallest absolute Gasteiger partial charge is 0.122 e. The van der Waals surface area contributed by atoms with E-state index in [0.717, 1.165) is 30.0 Å². The van der Waals surface area contributed by atoms with Crippen LogP contribution in [0.25, 0.3) is 0 Å². The molecular weight excluding hydrogens is 412 g/mol. The summed E-state index contributed by atoms with van der Waals surface area (Å²) in [6.45, 7) is 8.19. The minimum absolute atomic E-state index is 0.161. The minimum atomic E-state index is -0.663. The van der Waals surface area contributed by atoms with Crippen LogP contribution in [-0.2, 0) is 12.0 Å². The van der Waals surface area contributed by atoms with Gasteiger partial charge in [-0.2, -0.15) is 0 Å². The third-order valence-electron chi connectivity index (χ3n) is 5.47. The Labute approximate surface area is 189 Å². The van der Waals surface area contributed by atoms with Crippen molar-refractivity contribution < 1.29 is 14.6 Å². The van der Waals surface area contributed by atoms with Crippen LogP contribution in [0.15, 0.2) is 61.2 Å². The maximum absolute atomic E-state index is 9.61. The highest BCUT2D eigenvalue weighted by Crippen LogP contribution is 2.34. The molecule has 0 saturated carbocycles. The first kappa shape index (κ1) is 23.2. The zero-order valence-corrected chi connectivity index (χ0v) is 19.2. The molecule has 0 amide bonds. The first-order valence-electron chi connectivity index (χ1n) is 10.6. The molecule has 0 aliphatic rings. The highest BCUT2D eigenvalue weighted by molar-refractivity contribution is 6.18. The molecular formula is C25H31ClN2O3. The zero-order chi connectivity index (χ0) is 22.3.